The van der Waals surface area contributed by atoms with E-state index in [0.717, 1.165) is 57.4 Å². The molecule has 1 aliphatic rings. The number of hydrogen-bond donors (Lipinski definition) is 2. The highest BCUT2D eigenvalue weighted by atomic mass is 127. The number of aliphatic imine (C=N–C) groups is 1. The molecule has 6 nitrogen and oxygen atoms in total. The number of nitrogens with one attached hydrogen (secondary N) is 2. The summed E-state index contributed by atoms with van der Waals surface area (Å²) in [6, 6.07) is 0. The van der Waals surface area contributed by atoms with Crippen LogP contribution in [-0.4, -0.2) is 67.8 Å². The van der Waals surface area contributed by atoms with Crippen molar-refractivity contribution in [2.45, 2.75) is 53.1 Å². The van der Waals surface area contributed by atoms with E-state index >= 15 is 0 Å². The minimum atomic E-state index is 0. The molecule has 0 bridgehead atoms. The Labute approximate surface area is 192 Å². The number of hydrogen-bond acceptors (Lipinski definition) is 5. The fourth-order valence-electron chi connectivity index (χ4n) is 3.12. The highest BCUT2D eigenvalue weighted by Crippen LogP contribution is 2.19. The van der Waals surface area contributed by atoms with Gasteiger partial charge in [-0.3, -0.25) is 9.89 Å². The highest BCUT2D eigenvalue weighted by Gasteiger charge is 2.20. The minimum Gasteiger partial charge on any atom is -0.374 e. The molecule has 8 heteroatoms. The molecule has 1 atom stereocenters. The second kappa shape index (κ2) is 13.7. The van der Waals surface area contributed by atoms with Crippen LogP contribution in [-0.2, 0) is 11.2 Å². The average molecular weight is 524 g/mol. The van der Waals surface area contributed by atoms with Gasteiger partial charge in [0.05, 0.1) is 30.0 Å². The van der Waals surface area contributed by atoms with E-state index in [2.05, 4.69) is 55.5 Å². The van der Waals surface area contributed by atoms with Crippen LogP contribution >= 0.6 is 35.3 Å². The molecule has 0 amide bonds. The smallest absolute Gasteiger partial charge is 0.191 e. The molecule has 0 aromatic carbocycles. The fourth-order valence-corrected chi connectivity index (χ4v) is 3.99. The first-order valence-electron chi connectivity index (χ1n) is 10.3. The van der Waals surface area contributed by atoms with Crippen molar-refractivity contribution < 1.29 is 4.74 Å². The molecule has 0 aliphatic carbocycles. The third kappa shape index (κ3) is 9.37. The van der Waals surface area contributed by atoms with Gasteiger partial charge in [-0.05, 0) is 12.8 Å². The van der Waals surface area contributed by atoms with Crippen molar-refractivity contribution in [1.29, 1.82) is 0 Å². The Kier molecular flexibility index (Phi) is 12.5. The number of halogens is 1. The number of rotatable bonds is 9. The third-order valence-electron chi connectivity index (χ3n) is 4.38. The van der Waals surface area contributed by atoms with E-state index in [9.17, 15) is 0 Å². The quantitative estimate of drug-likeness (QED) is 0.296. The zero-order chi connectivity index (χ0) is 19.6. The van der Waals surface area contributed by atoms with Crippen molar-refractivity contribution in [3.8, 4) is 0 Å². The third-order valence-corrected chi connectivity index (χ3v) is 5.57. The van der Waals surface area contributed by atoms with Gasteiger partial charge in [0.15, 0.2) is 5.96 Å². The second-order valence-corrected chi connectivity index (χ2v) is 8.76. The molecule has 1 fully saturated rings. The summed E-state index contributed by atoms with van der Waals surface area (Å²) in [4.78, 5) is 11.9. The van der Waals surface area contributed by atoms with Gasteiger partial charge in [-0.1, -0.05) is 27.7 Å². The molecule has 0 spiro atoms. The van der Waals surface area contributed by atoms with Crippen LogP contribution < -0.4 is 10.6 Å². The fraction of sp³-hybridized carbons (Fsp3) is 0.800. The van der Waals surface area contributed by atoms with Gasteiger partial charge in [-0.25, -0.2) is 4.98 Å². The van der Waals surface area contributed by atoms with Crippen LogP contribution in [0.15, 0.2) is 10.4 Å². The molecular formula is C20H38IN5OS. The van der Waals surface area contributed by atoms with E-state index in [-0.39, 0.29) is 30.1 Å². The molecule has 1 aliphatic heterocycles. The van der Waals surface area contributed by atoms with Gasteiger partial charge in [0.1, 0.15) is 0 Å². The van der Waals surface area contributed by atoms with Gasteiger partial charge in [-0.2, -0.15) is 0 Å². The van der Waals surface area contributed by atoms with Gasteiger partial charge in [-0.15, -0.1) is 35.3 Å². The van der Waals surface area contributed by atoms with E-state index in [1.807, 2.05) is 0 Å². The molecule has 28 heavy (non-hydrogen) atoms. The van der Waals surface area contributed by atoms with Gasteiger partial charge < -0.3 is 15.4 Å². The van der Waals surface area contributed by atoms with Gasteiger partial charge in [0, 0.05) is 50.4 Å². The van der Waals surface area contributed by atoms with E-state index in [1.54, 1.807) is 11.3 Å². The van der Waals surface area contributed by atoms with Gasteiger partial charge in [0.2, 0.25) is 0 Å². The monoisotopic (exact) mass is 523 g/mol. The zero-order valence-corrected chi connectivity index (χ0v) is 21.2. The summed E-state index contributed by atoms with van der Waals surface area (Å²) in [6.45, 7) is 17.3. The van der Waals surface area contributed by atoms with Crippen molar-refractivity contribution in [1.82, 2.24) is 20.5 Å². The molecule has 1 unspecified atom stereocenters. The van der Waals surface area contributed by atoms with Crippen molar-refractivity contribution >= 4 is 41.3 Å². The molecule has 0 saturated carbocycles. The molecule has 1 aromatic heterocycles. The van der Waals surface area contributed by atoms with Crippen LogP contribution in [0, 0.1) is 5.92 Å². The topological polar surface area (TPSA) is 61.8 Å². The number of morpholine rings is 1. The van der Waals surface area contributed by atoms with Gasteiger partial charge in [0.25, 0.3) is 0 Å². The predicted octanol–water partition coefficient (Wildman–Crippen LogP) is 3.34. The largest absolute Gasteiger partial charge is 0.374 e. The maximum Gasteiger partial charge on any atom is 0.191 e. The molecule has 2 N–H and O–H groups in total. The molecule has 1 aromatic rings. The molecule has 2 rings (SSSR count). The lowest BCUT2D eigenvalue weighted by atomic mass is 10.2. The lowest BCUT2D eigenvalue weighted by Gasteiger charge is -2.33. The van der Waals surface area contributed by atoms with E-state index in [1.165, 1.54) is 5.01 Å². The van der Waals surface area contributed by atoms with Crippen molar-refractivity contribution in [3.05, 3.63) is 16.1 Å². The Bertz CT molecular complexity index is 579. The van der Waals surface area contributed by atoms with Gasteiger partial charge >= 0.3 is 0 Å². The Morgan fingerprint density at radius 3 is 2.79 bits per heavy atom. The van der Waals surface area contributed by atoms with Crippen LogP contribution in [0.1, 0.15) is 51.2 Å². The van der Waals surface area contributed by atoms with Crippen molar-refractivity contribution in [2.75, 3.05) is 45.9 Å². The van der Waals surface area contributed by atoms with Crippen molar-refractivity contribution in [3.63, 3.8) is 0 Å². The first-order valence-corrected chi connectivity index (χ1v) is 11.2. The first-order chi connectivity index (χ1) is 13.0. The Morgan fingerprint density at radius 2 is 2.14 bits per heavy atom. The van der Waals surface area contributed by atoms with E-state index in [4.69, 9.17) is 14.7 Å². The average Bonchev–Trinajstić information content (AvgIpc) is 3.09. The van der Waals surface area contributed by atoms with Crippen LogP contribution in [0.25, 0.3) is 0 Å². The van der Waals surface area contributed by atoms with Crippen LogP contribution in [0.3, 0.4) is 0 Å². The Morgan fingerprint density at radius 1 is 1.36 bits per heavy atom. The maximum absolute atomic E-state index is 5.90. The van der Waals surface area contributed by atoms with E-state index < -0.39 is 0 Å². The lowest BCUT2D eigenvalue weighted by Crippen LogP contribution is -2.46. The summed E-state index contributed by atoms with van der Waals surface area (Å²) in [7, 11) is 0. The maximum atomic E-state index is 5.90. The van der Waals surface area contributed by atoms with Crippen LogP contribution in [0.2, 0.25) is 0 Å². The highest BCUT2D eigenvalue weighted by molar-refractivity contribution is 14.0. The zero-order valence-electron chi connectivity index (χ0n) is 18.0. The number of ether oxygens (including phenoxy) is 1. The summed E-state index contributed by atoms with van der Waals surface area (Å²) in [5.41, 5.74) is 1.16. The minimum absolute atomic E-state index is 0. The number of aromatic nitrogens is 1. The second-order valence-electron chi connectivity index (χ2n) is 7.87. The standard InChI is InChI=1S/C20H37N5OS.HI/c1-6-21-20(22-8-7-17-14-27-19(24-17)16(4)5)23-11-18-13-25(9-10-26-18)12-15(2)3;/h14-16,18H,6-13H2,1-5H3,(H2,21,22,23);1H. The molecule has 0 radical (unpaired) electrons. The summed E-state index contributed by atoms with van der Waals surface area (Å²) < 4.78 is 5.90. The Balaban J connectivity index is 0.00000392. The molecule has 1 saturated heterocycles. The van der Waals surface area contributed by atoms with Crippen LogP contribution in [0.5, 0.6) is 0 Å². The predicted molar refractivity (Wildman–Crippen MR) is 130 cm³/mol. The Hall–Kier alpha value is -0.450. The van der Waals surface area contributed by atoms with Crippen LogP contribution in [0.4, 0.5) is 0 Å². The number of thiazole rings is 1. The van der Waals surface area contributed by atoms with E-state index in [0.29, 0.717) is 18.4 Å². The summed E-state index contributed by atoms with van der Waals surface area (Å²) in [6.07, 6.45) is 1.09. The SMILES string of the molecule is CCNC(=NCC1CN(CC(C)C)CCO1)NCCc1csc(C(C)C)n1.I. The molecule has 162 valence electrons. The number of nitrogens with zero attached hydrogens (tertiary/aromatic N) is 3. The normalized spacial score (nSPS) is 18.4. The lowest BCUT2D eigenvalue weighted by molar-refractivity contribution is -0.0261. The first kappa shape index (κ1) is 25.6. The number of guanidine groups is 1. The summed E-state index contributed by atoms with van der Waals surface area (Å²) in [5.74, 6) is 2.05. The molecule has 2 heterocycles. The molecular weight excluding hydrogens is 485 g/mol. The summed E-state index contributed by atoms with van der Waals surface area (Å²) in [5, 5.41) is 10.1. The summed E-state index contributed by atoms with van der Waals surface area (Å²) >= 11 is 1.75. The van der Waals surface area contributed by atoms with Crippen molar-refractivity contribution in [2.24, 2.45) is 10.9 Å².